The van der Waals surface area contributed by atoms with Gasteiger partial charge in [0.25, 0.3) is 5.91 Å². The van der Waals surface area contributed by atoms with Crippen LogP contribution in [0.2, 0.25) is 0 Å². The predicted octanol–water partition coefficient (Wildman–Crippen LogP) is 1.44. The first-order chi connectivity index (χ1) is 8.19. The van der Waals surface area contributed by atoms with E-state index in [0.717, 1.165) is 13.0 Å². The van der Waals surface area contributed by atoms with Crippen molar-refractivity contribution in [3.63, 3.8) is 0 Å². The third-order valence-corrected chi connectivity index (χ3v) is 3.47. The van der Waals surface area contributed by atoms with Gasteiger partial charge in [0.2, 0.25) is 0 Å². The van der Waals surface area contributed by atoms with Crippen LogP contribution in [0.5, 0.6) is 0 Å². The average Bonchev–Trinajstić information content (AvgIpc) is 3.17. The minimum atomic E-state index is -0.139. The van der Waals surface area contributed by atoms with Crippen LogP contribution in [0.15, 0.2) is 12.4 Å². The van der Waals surface area contributed by atoms with Crippen LogP contribution in [0.4, 0.5) is 5.82 Å². The van der Waals surface area contributed by atoms with Gasteiger partial charge in [-0.2, -0.15) is 0 Å². The summed E-state index contributed by atoms with van der Waals surface area (Å²) in [7, 11) is 1.77. The van der Waals surface area contributed by atoms with E-state index in [2.05, 4.69) is 27.5 Å². The molecule has 0 spiro atoms. The maximum absolute atomic E-state index is 11.8. The van der Waals surface area contributed by atoms with Gasteiger partial charge in [-0.1, -0.05) is 6.92 Å². The molecule has 1 aromatic rings. The Labute approximate surface area is 101 Å². The smallest absolute Gasteiger partial charge is 0.271 e. The minimum Gasteiger partial charge on any atom is -0.372 e. The van der Waals surface area contributed by atoms with E-state index in [-0.39, 0.29) is 5.91 Å². The zero-order chi connectivity index (χ0) is 12.3. The first kappa shape index (κ1) is 11.8. The highest BCUT2D eigenvalue weighted by molar-refractivity contribution is 5.92. The van der Waals surface area contributed by atoms with Gasteiger partial charge in [-0.25, -0.2) is 9.97 Å². The standard InChI is InChI=1S/C12H18N4O/c1-3-12(4-5-12)8-16-11(17)9-6-15-10(13-2)7-14-9/h6-7H,3-5,8H2,1-2H3,(H,13,15)(H,16,17). The molecular weight excluding hydrogens is 216 g/mol. The quantitative estimate of drug-likeness (QED) is 0.809. The van der Waals surface area contributed by atoms with Crippen LogP contribution in [0.3, 0.4) is 0 Å². The van der Waals surface area contributed by atoms with Gasteiger partial charge in [0.1, 0.15) is 11.5 Å². The number of nitrogens with one attached hydrogen (secondary N) is 2. The molecule has 17 heavy (non-hydrogen) atoms. The van der Waals surface area contributed by atoms with Gasteiger partial charge in [0.15, 0.2) is 0 Å². The summed E-state index contributed by atoms with van der Waals surface area (Å²) < 4.78 is 0. The molecule has 0 atom stereocenters. The van der Waals surface area contributed by atoms with E-state index < -0.39 is 0 Å². The summed E-state index contributed by atoms with van der Waals surface area (Å²) in [6.45, 7) is 2.92. The fourth-order valence-corrected chi connectivity index (χ4v) is 1.76. The van der Waals surface area contributed by atoms with Crippen molar-refractivity contribution >= 4 is 11.7 Å². The molecule has 1 aliphatic carbocycles. The van der Waals surface area contributed by atoms with Crippen molar-refractivity contribution in [2.24, 2.45) is 5.41 Å². The molecule has 0 bridgehead atoms. The molecular formula is C12H18N4O. The molecule has 1 fully saturated rings. The van der Waals surface area contributed by atoms with Gasteiger partial charge < -0.3 is 10.6 Å². The molecule has 1 saturated carbocycles. The summed E-state index contributed by atoms with van der Waals surface area (Å²) in [6, 6.07) is 0. The molecule has 92 valence electrons. The Morgan fingerprint density at radius 1 is 1.41 bits per heavy atom. The summed E-state index contributed by atoms with van der Waals surface area (Å²) in [5, 5.41) is 5.79. The van der Waals surface area contributed by atoms with Crippen LogP contribution in [-0.2, 0) is 0 Å². The second-order valence-corrected chi connectivity index (χ2v) is 4.57. The lowest BCUT2D eigenvalue weighted by atomic mass is 10.0. The molecule has 1 aliphatic rings. The number of anilines is 1. The summed E-state index contributed by atoms with van der Waals surface area (Å²) in [5.41, 5.74) is 0.726. The fraction of sp³-hybridized carbons (Fsp3) is 0.583. The van der Waals surface area contributed by atoms with Crippen molar-refractivity contribution in [2.45, 2.75) is 26.2 Å². The van der Waals surface area contributed by atoms with Crippen molar-refractivity contribution < 1.29 is 4.79 Å². The number of aromatic nitrogens is 2. The molecule has 1 aromatic heterocycles. The number of hydrogen-bond acceptors (Lipinski definition) is 4. The molecule has 0 saturated heterocycles. The molecule has 1 amide bonds. The van der Waals surface area contributed by atoms with Gasteiger partial charge in [-0.05, 0) is 24.7 Å². The molecule has 5 nitrogen and oxygen atoms in total. The van der Waals surface area contributed by atoms with E-state index in [4.69, 9.17) is 0 Å². The van der Waals surface area contributed by atoms with Crippen molar-refractivity contribution in [1.82, 2.24) is 15.3 Å². The largest absolute Gasteiger partial charge is 0.372 e. The number of hydrogen-bond donors (Lipinski definition) is 2. The Bertz CT molecular complexity index is 397. The predicted molar refractivity (Wildman–Crippen MR) is 65.9 cm³/mol. The number of rotatable bonds is 5. The number of carbonyl (C=O) groups is 1. The van der Waals surface area contributed by atoms with Gasteiger partial charge in [0, 0.05) is 13.6 Å². The minimum absolute atomic E-state index is 0.139. The Hall–Kier alpha value is -1.65. The van der Waals surface area contributed by atoms with Gasteiger partial charge in [-0.3, -0.25) is 4.79 Å². The van der Waals surface area contributed by atoms with E-state index in [1.165, 1.54) is 19.0 Å². The number of amides is 1. The fourth-order valence-electron chi connectivity index (χ4n) is 1.76. The molecule has 5 heteroatoms. The van der Waals surface area contributed by atoms with Crippen LogP contribution in [0.25, 0.3) is 0 Å². The van der Waals surface area contributed by atoms with E-state index in [1.807, 2.05) is 0 Å². The van der Waals surface area contributed by atoms with E-state index in [9.17, 15) is 4.79 Å². The second-order valence-electron chi connectivity index (χ2n) is 4.57. The molecule has 0 aliphatic heterocycles. The van der Waals surface area contributed by atoms with E-state index >= 15 is 0 Å². The van der Waals surface area contributed by atoms with Crippen molar-refractivity contribution in [2.75, 3.05) is 18.9 Å². The Kier molecular flexibility index (Phi) is 3.26. The summed E-state index contributed by atoms with van der Waals surface area (Å²) in [6.07, 6.45) is 6.61. The third kappa shape index (κ3) is 2.72. The second kappa shape index (κ2) is 4.69. The number of nitrogens with zero attached hydrogens (tertiary/aromatic N) is 2. The van der Waals surface area contributed by atoms with Crippen LogP contribution in [0, 0.1) is 5.41 Å². The molecule has 2 N–H and O–H groups in total. The Morgan fingerprint density at radius 2 is 2.18 bits per heavy atom. The van der Waals surface area contributed by atoms with Crippen molar-refractivity contribution in [3.8, 4) is 0 Å². The maximum atomic E-state index is 11.8. The third-order valence-electron chi connectivity index (χ3n) is 3.47. The highest BCUT2D eigenvalue weighted by Crippen LogP contribution is 2.47. The van der Waals surface area contributed by atoms with E-state index in [1.54, 1.807) is 13.2 Å². The molecule has 1 heterocycles. The molecule has 0 aromatic carbocycles. The van der Waals surface area contributed by atoms with Crippen LogP contribution in [0.1, 0.15) is 36.7 Å². The monoisotopic (exact) mass is 234 g/mol. The normalized spacial score (nSPS) is 16.4. The number of carbonyl (C=O) groups excluding carboxylic acids is 1. The SMILES string of the molecule is CCC1(CNC(=O)c2cnc(NC)cn2)CC1. The molecule has 0 radical (unpaired) electrons. The maximum Gasteiger partial charge on any atom is 0.271 e. The van der Waals surface area contributed by atoms with Crippen LogP contribution in [-0.4, -0.2) is 29.5 Å². The highest BCUT2D eigenvalue weighted by Gasteiger charge is 2.40. The lowest BCUT2D eigenvalue weighted by Crippen LogP contribution is -2.30. The zero-order valence-corrected chi connectivity index (χ0v) is 10.3. The summed E-state index contributed by atoms with van der Waals surface area (Å²) in [4.78, 5) is 19.9. The average molecular weight is 234 g/mol. The lowest BCUT2D eigenvalue weighted by Gasteiger charge is -2.12. The topological polar surface area (TPSA) is 66.9 Å². The lowest BCUT2D eigenvalue weighted by molar-refractivity contribution is 0.0939. The summed E-state index contributed by atoms with van der Waals surface area (Å²) >= 11 is 0. The molecule has 2 rings (SSSR count). The van der Waals surface area contributed by atoms with E-state index in [0.29, 0.717) is 16.9 Å². The van der Waals surface area contributed by atoms with Crippen molar-refractivity contribution in [1.29, 1.82) is 0 Å². The van der Waals surface area contributed by atoms with Gasteiger partial charge in [0.05, 0.1) is 12.4 Å². The summed E-state index contributed by atoms with van der Waals surface area (Å²) in [5.74, 6) is 0.522. The first-order valence-corrected chi connectivity index (χ1v) is 5.97. The first-order valence-electron chi connectivity index (χ1n) is 5.97. The van der Waals surface area contributed by atoms with Crippen LogP contribution >= 0.6 is 0 Å². The highest BCUT2D eigenvalue weighted by atomic mass is 16.1. The van der Waals surface area contributed by atoms with Crippen molar-refractivity contribution in [3.05, 3.63) is 18.1 Å². The van der Waals surface area contributed by atoms with Gasteiger partial charge >= 0.3 is 0 Å². The Morgan fingerprint density at radius 3 is 2.65 bits per heavy atom. The van der Waals surface area contributed by atoms with Crippen LogP contribution < -0.4 is 10.6 Å². The Balaban J connectivity index is 1.90. The van der Waals surface area contributed by atoms with Gasteiger partial charge in [-0.15, -0.1) is 0 Å². The zero-order valence-electron chi connectivity index (χ0n) is 10.3. The molecule has 0 unspecified atom stereocenters.